The van der Waals surface area contributed by atoms with E-state index in [9.17, 15) is 13.8 Å². The van der Waals surface area contributed by atoms with E-state index in [4.69, 9.17) is 11.6 Å². The molecule has 2 fully saturated rings. The SMILES string of the molecule is CC(C)(C)S(=O)CC(C1CC1)N1C(=O)C(CC(=O)Nc2ccccc2)CCC1c1ccc(Cl)cc1. The van der Waals surface area contributed by atoms with Gasteiger partial charge < -0.3 is 10.2 Å². The van der Waals surface area contributed by atoms with E-state index in [1.165, 1.54) is 0 Å². The topological polar surface area (TPSA) is 66.5 Å². The molecule has 2 aromatic carbocycles. The number of piperidine rings is 1. The van der Waals surface area contributed by atoms with Crippen molar-refractivity contribution in [3.8, 4) is 0 Å². The largest absolute Gasteiger partial charge is 0.331 e. The molecule has 7 heteroatoms. The molecule has 4 rings (SSSR count). The van der Waals surface area contributed by atoms with Crippen molar-refractivity contribution in [3.63, 3.8) is 0 Å². The molecule has 2 amide bonds. The Hall–Kier alpha value is -2.18. The highest BCUT2D eigenvalue weighted by Gasteiger charge is 2.46. The molecule has 1 N–H and O–H groups in total. The molecule has 1 aliphatic heterocycles. The lowest BCUT2D eigenvalue weighted by Crippen LogP contribution is -2.53. The van der Waals surface area contributed by atoms with E-state index < -0.39 is 10.8 Å². The van der Waals surface area contributed by atoms with Crippen molar-refractivity contribution >= 4 is 39.9 Å². The molecule has 1 saturated heterocycles. The summed E-state index contributed by atoms with van der Waals surface area (Å²) in [6.07, 6.45) is 3.65. The monoisotopic (exact) mass is 514 g/mol. The molecule has 4 atom stereocenters. The van der Waals surface area contributed by atoms with Gasteiger partial charge in [-0.25, -0.2) is 0 Å². The predicted octanol–water partition coefficient (Wildman–Crippen LogP) is 5.97. The lowest BCUT2D eigenvalue weighted by molar-refractivity contribution is -0.147. The second-order valence-electron chi connectivity index (χ2n) is 10.7. The Morgan fingerprint density at radius 3 is 2.31 bits per heavy atom. The van der Waals surface area contributed by atoms with Gasteiger partial charge in [0, 0.05) is 50.4 Å². The summed E-state index contributed by atoms with van der Waals surface area (Å²) in [4.78, 5) is 28.8. The molecule has 1 heterocycles. The van der Waals surface area contributed by atoms with Crippen molar-refractivity contribution in [2.45, 2.75) is 69.7 Å². The van der Waals surface area contributed by atoms with Crippen LogP contribution < -0.4 is 5.32 Å². The molecule has 2 aliphatic rings. The van der Waals surface area contributed by atoms with Crippen LogP contribution in [0.5, 0.6) is 0 Å². The molecule has 0 spiro atoms. The standard InChI is InChI=1S/C28H35ClN2O3S/c1-28(2,3)35(34)18-25(20-9-10-20)31-24(19-11-14-22(29)15-12-19)16-13-21(27(31)33)17-26(32)30-23-7-5-4-6-8-23/h4-8,11-12,14-15,20-21,24-25H,9-10,13,16-18H2,1-3H3,(H,30,32). The minimum atomic E-state index is -1.08. The lowest BCUT2D eigenvalue weighted by Gasteiger charge is -2.45. The second-order valence-corrected chi connectivity index (χ2v) is 13.4. The Morgan fingerprint density at radius 1 is 1.06 bits per heavy atom. The van der Waals surface area contributed by atoms with Gasteiger partial charge >= 0.3 is 0 Å². The van der Waals surface area contributed by atoms with Gasteiger partial charge in [-0.1, -0.05) is 41.9 Å². The number of para-hydroxylation sites is 1. The molecule has 0 bridgehead atoms. The maximum atomic E-state index is 14.0. The highest BCUT2D eigenvalue weighted by molar-refractivity contribution is 7.86. The number of rotatable bonds is 8. The Morgan fingerprint density at radius 2 is 1.71 bits per heavy atom. The summed E-state index contributed by atoms with van der Waals surface area (Å²) in [5.41, 5.74) is 1.77. The molecule has 0 radical (unpaired) electrons. The van der Waals surface area contributed by atoms with Crippen LogP contribution in [0.2, 0.25) is 5.02 Å². The lowest BCUT2D eigenvalue weighted by atomic mass is 9.84. The normalized spacial score (nSPS) is 22.5. The maximum absolute atomic E-state index is 14.0. The van der Waals surface area contributed by atoms with Crippen LogP contribution in [0.4, 0.5) is 5.69 Å². The van der Waals surface area contributed by atoms with Gasteiger partial charge in [-0.15, -0.1) is 0 Å². The molecular formula is C28H35ClN2O3S. The summed E-state index contributed by atoms with van der Waals surface area (Å²) in [6.45, 7) is 5.95. The number of hydrogen-bond donors (Lipinski definition) is 1. The van der Waals surface area contributed by atoms with Crippen LogP contribution in [0, 0.1) is 11.8 Å². The van der Waals surface area contributed by atoms with Gasteiger partial charge in [0.2, 0.25) is 11.8 Å². The molecule has 5 nitrogen and oxygen atoms in total. The van der Waals surface area contributed by atoms with Gasteiger partial charge in [0.1, 0.15) is 0 Å². The van der Waals surface area contributed by atoms with Crippen LogP contribution in [0.3, 0.4) is 0 Å². The number of anilines is 1. The second kappa shape index (κ2) is 10.8. The summed E-state index contributed by atoms with van der Waals surface area (Å²) < 4.78 is 12.8. The molecule has 35 heavy (non-hydrogen) atoms. The number of amides is 2. The van der Waals surface area contributed by atoms with Crippen molar-refractivity contribution in [3.05, 3.63) is 65.2 Å². The van der Waals surface area contributed by atoms with Crippen LogP contribution in [-0.4, -0.2) is 37.5 Å². The first-order chi connectivity index (χ1) is 16.6. The van der Waals surface area contributed by atoms with Crippen LogP contribution in [0.25, 0.3) is 0 Å². The Balaban J connectivity index is 1.59. The highest BCUT2D eigenvalue weighted by Crippen LogP contribution is 2.44. The number of likely N-dealkylation sites (tertiary alicyclic amines) is 1. The third kappa shape index (κ3) is 6.53. The van der Waals surface area contributed by atoms with Gasteiger partial charge in [-0.05, 0) is 82.2 Å². The number of halogens is 1. The Labute approximate surface area is 216 Å². The van der Waals surface area contributed by atoms with E-state index in [0.717, 1.165) is 30.5 Å². The van der Waals surface area contributed by atoms with Gasteiger partial charge in [0.25, 0.3) is 0 Å². The number of nitrogens with zero attached hydrogens (tertiary/aromatic N) is 1. The molecule has 4 unspecified atom stereocenters. The minimum absolute atomic E-state index is 0.00206. The van der Waals surface area contributed by atoms with Crippen LogP contribution >= 0.6 is 11.6 Å². The van der Waals surface area contributed by atoms with E-state index in [1.54, 1.807) is 0 Å². The third-order valence-corrected chi connectivity index (χ3v) is 9.26. The number of carbonyl (C=O) groups is 2. The minimum Gasteiger partial charge on any atom is -0.331 e. The van der Waals surface area contributed by atoms with Crippen LogP contribution in [0.1, 0.15) is 64.5 Å². The van der Waals surface area contributed by atoms with E-state index in [-0.39, 0.29) is 41.0 Å². The van der Waals surface area contributed by atoms with Gasteiger partial charge in [-0.2, -0.15) is 0 Å². The first-order valence-electron chi connectivity index (χ1n) is 12.4. The molecular weight excluding hydrogens is 480 g/mol. The zero-order valence-electron chi connectivity index (χ0n) is 20.7. The Bertz CT molecular complexity index is 1060. The van der Waals surface area contributed by atoms with Crippen molar-refractivity contribution in [2.24, 2.45) is 11.8 Å². The van der Waals surface area contributed by atoms with E-state index >= 15 is 0 Å². The van der Waals surface area contributed by atoms with Crippen molar-refractivity contribution in [1.29, 1.82) is 0 Å². The van der Waals surface area contributed by atoms with Crippen molar-refractivity contribution in [1.82, 2.24) is 4.90 Å². The average molecular weight is 515 g/mol. The molecule has 1 saturated carbocycles. The summed E-state index contributed by atoms with van der Waals surface area (Å²) >= 11 is 6.14. The number of benzene rings is 2. The molecule has 2 aromatic rings. The zero-order chi connectivity index (χ0) is 25.2. The first kappa shape index (κ1) is 25.9. The fourth-order valence-corrected chi connectivity index (χ4v) is 6.24. The number of nitrogens with one attached hydrogen (secondary N) is 1. The van der Waals surface area contributed by atoms with Crippen molar-refractivity contribution in [2.75, 3.05) is 11.1 Å². The van der Waals surface area contributed by atoms with E-state index in [2.05, 4.69) is 5.32 Å². The Kier molecular flexibility index (Phi) is 8.02. The fraction of sp³-hybridized carbons (Fsp3) is 0.500. The summed E-state index contributed by atoms with van der Waals surface area (Å²) in [5, 5.41) is 3.58. The smallest absolute Gasteiger partial charge is 0.227 e. The zero-order valence-corrected chi connectivity index (χ0v) is 22.3. The predicted molar refractivity (Wildman–Crippen MR) is 143 cm³/mol. The quantitative estimate of drug-likeness (QED) is 0.471. The van der Waals surface area contributed by atoms with E-state index in [1.807, 2.05) is 80.3 Å². The first-order valence-corrected chi connectivity index (χ1v) is 14.1. The number of hydrogen-bond acceptors (Lipinski definition) is 3. The summed E-state index contributed by atoms with van der Waals surface area (Å²) in [6, 6.07) is 16.8. The van der Waals surface area contributed by atoms with Gasteiger partial charge in [0.05, 0.1) is 6.04 Å². The van der Waals surface area contributed by atoms with Gasteiger partial charge in [-0.3, -0.25) is 13.8 Å². The maximum Gasteiger partial charge on any atom is 0.227 e. The van der Waals surface area contributed by atoms with E-state index in [0.29, 0.717) is 23.1 Å². The van der Waals surface area contributed by atoms with Crippen LogP contribution in [-0.2, 0) is 20.4 Å². The summed E-state index contributed by atoms with van der Waals surface area (Å²) in [5.74, 6) is 0.291. The van der Waals surface area contributed by atoms with Crippen LogP contribution in [0.15, 0.2) is 54.6 Å². The molecule has 188 valence electrons. The fourth-order valence-electron chi connectivity index (χ4n) is 4.87. The molecule has 1 aliphatic carbocycles. The highest BCUT2D eigenvalue weighted by atomic mass is 35.5. The van der Waals surface area contributed by atoms with Crippen molar-refractivity contribution < 1.29 is 13.8 Å². The number of carbonyl (C=O) groups excluding carboxylic acids is 2. The van der Waals surface area contributed by atoms with Gasteiger partial charge in [0.15, 0.2) is 0 Å². The summed E-state index contributed by atoms with van der Waals surface area (Å²) in [7, 11) is -1.08. The third-order valence-electron chi connectivity index (χ3n) is 7.00. The molecule has 0 aromatic heterocycles. The average Bonchev–Trinajstić information content (AvgIpc) is 3.65.